The Kier molecular flexibility index (Phi) is 4.77. The van der Waals surface area contributed by atoms with Crippen LogP contribution in [-0.4, -0.2) is 43.1 Å². The van der Waals surface area contributed by atoms with Crippen molar-refractivity contribution in [2.45, 2.75) is 6.42 Å². The van der Waals surface area contributed by atoms with E-state index in [4.69, 9.17) is 5.73 Å². The molecule has 2 N–H and O–H groups in total. The molecule has 82 valence electrons. The van der Waals surface area contributed by atoms with Crippen LogP contribution < -0.4 is 10.6 Å². The topological polar surface area (TPSA) is 45.2 Å². The lowest BCUT2D eigenvalue weighted by Crippen LogP contribution is -2.24. The predicted octanol–water partition coefficient (Wildman–Crippen LogP) is 0.537. The largest absolute Gasteiger partial charge is 0.330 e. The summed E-state index contributed by atoms with van der Waals surface area (Å²) in [7, 11) is 4.02. The van der Waals surface area contributed by atoms with Gasteiger partial charge in [0.1, 0.15) is 0 Å². The van der Waals surface area contributed by atoms with E-state index in [-0.39, 0.29) is 0 Å². The molecule has 0 aliphatic heterocycles. The van der Waals surface area contributed by atoms with Gasteiger partial charge in [-0.25, -0.2) is 9.88 Å². The fraction of sp³-hybridized carbons (Fsp3) is 0.455. The fourth-order valence-corrected chi connectivity index (χ4v) is 1.32. The van der Waals surface area contributed by atoms with E-state index in [0.29, 0.717) is 0 Å². The molecule has 0 aliphatic rings. The molecule has 0 aliphatic carbocycles. The number of nitrogens with zero attached hydrogens (tertiary/aromatic N) is 3. The van der Waals surface area contributed by atoms with E-state index < -0.39 is 0 Å². The van der Waals surface area contributed by atoms with Crippen molar-refractivity contribution < 1.29 is 4.58 Å². The second kappa shape index (κ2) is 6.14. The molecule has 0 aromatic carbocycles. The molecule has 4 nitrogen and oxygen atoms in total. The minimum absolute atomic E-state index is 0.728. The Morgan fingerprint density at radius 3 is 2.93 bits per heavy atom. The lowest BCUT2D eigenvalue weighted by Gasteiger charge is -2.07. The van der Waals surface area contributed by atoms with Gasteiger partial charge in [-0.2, -0.15) is 0 Å². The highest BCUT2D eigenvalue weighted by Gasteiger charge is 2.05. The molecule has 0 atom stereocenters. The summed E-state index contributed by atoms with van der Waals surface area (Å²) in [6, 6.07) is 5.87. The summed E-state index contributed by atoms with van der Waals surface area (Å²) < 4.78 is 2.11. The molecule has 0 radical (unpaired) electrons. The van der Waals surface area contributed by atoms with Gasteiger partial charge >= 0.3 is 0 Å². The van der Waals surface area contributed by atoms with Gasteiger partial charge in [0, 0.05) is 12.3 Å². The molecular weight excluding hydrogens is 188 g/mol. The van der Waals surface area contributed by atoms with Crippen LogP contribution in [0.2, 0.25) is 0 Å². The molecule has 0 fully saturated rings. The standard InChI is InChI=1S/C11H19N4/c1-14(9-5-7-12)10-15(2)11-6-3-4-8-13-11/h3-4,6,8,10H,5,7,9,12H2,1-2H3/q+1. The Bertz CT molecular complexity index is 308. The van der Waals surface area contributed by atoms with Crippen molar-refractivity contribution in [1.82, 2.24) is 4.98 Å². The van der Waals surface area contributed by atoms with Crippen molar-refractivity contribution >= 4 is 12.2 Å². The minimum Gasteiger partial charge on any atom is -0.330 e. The number of aromatic nitrogens is 1. The number of rotatable bonds is 5. The maximum absolute atomic E-state index is 5.45. The number of anilines is 1. The van der Waals surface area contributed by atoms with Gasteiger partial charge in [-0.1, -0.05) is 6.07 Å². The average Bonchev–Trinajstić information content (AvgIpc) is 2.27. The van der Waals surface area contributed by atoms with Gasteiger partial charge < -0.3 is 5.73 Å². The first-order valence-electron chi connectivity index (χ1n) is 5.13. The van der Waals surface area contributed by atoms with Gasteiger partial charge in [0.05, 0.1) is 20.6 Å². The van der Waals surface area contributed by atoms with Crippen molar-refractivity contribution in [3.05, 3.63) is 24.4 Å². The molecule has 0 saturated heterocycles. The van der Waals surface area contributed by atoms with Crippen molar-refractivity contribution in [2.75, 3.05) is 32.1 Å². The Balaban J connectivity index is 2.58. The zero-order valence-electron chi connectivity index (χ0n) is 9.43. The predicted molar refractivity (Wildman–Crippen MR) is 63.4 cm³/mol. The van der Waals surface area contributed by atoms with Gasteiger partial charge in [0.15, 0.2) is 0 Å². The summed E-state index contributed by atoms with van der Waals surface area (Å²) in [5.74, 6) is 0.942. The lowest BCUT2D eigenvalue weighted by atomic mass is 10.4. The number of hydrogen-bond acceptors (Lipinski definition) is 2. The van der Waals surface area contributed by atoms with E-state index in [1.807, 2.05) is 43.5 Å². The molecule has 0 saturated carbocycles. The van der Waals surface area contributed by atoms with Crippen LogP contribution in [0.25, 0.3) is 0 Å². The maximum Gasteiger partial charge on any atom is 0.240 e. The molecule has 15 heavy (non-hydrogen) atoms. The van der Waals surface area contributed by atoms with Crippen molar-refractivity contribution in [3.8, 4) is 0 Å². The fourth-order valence-electron chi connectivity index (χ4n) is 1.32. The first-order valence-corrected chi connectivity index (χ1v) is 5.13. The highest BCUT2D eigenvalue weighted by atomic mass is 15.2. The van der Waals surface area contributed by atoms with E-state index in [1.165, 1.54) is 0 Å². The summed E-state index contributed by atoms with van der Waals surface area (Å²) in [6.45, 7) is 1.69. The van der Waals surface area contributed by atoms with Crippen molar-refractivity contribution in [2.24, 2.45) is 5.73 Å². The Labute approximate surface area is 91.0 Å². The highest BCUT2D eigenvalue weighted by Crippen LogP contribution is 2.03. The first kappa shape index (κ1) is 11.7. The van der Waals surface area contributed by atoms with E-state index in [9.17, 15) is 0 Å². The maximum atomic E-state index is 5.45. The summed E-state index contributed by atoms with van der Waals surface area (Å²) in [6.07, 6.45) is 4.82. The van der Waals surface area contributed by atoms with Gasteiger partial charge in [-0.05, 0) is 19.0 Å². The summed E-state index contributed by atoms with van der Waals surface area (Å²) in [4.78, 5) is 6.25. The molecule has 0 bridgehead atoms. The molecule has 1 aromatic heterocycles. The molecule has 1 heterocycles. The van der Waals surface area contributed by atoms with Crippen molar-refractivity contribution in [1.29, 1.82) is 0 Å². The van der Waals surface area contributed by atoms with Gasteiger partial charge in [0.25, 0.3) is 0 Å². The van der Waals surface area contributed by atoms with Crippen LogP contribution in [0.1, 0.15) is 6.42 Å². The summed E-state index contributed by atoms with van der Waals surface area (Å²) in [5, 5.41) is 0. The number of nitrogens with two attached hydrogens (primary N) is 1. The van der Waals surface area contributed by atoms with E-state index in [0.717, 1.165) is 25.3 Å². The molecular formula is C11H19N4+. The van der Waals surface area contributed by atoms with Gasteiger partial charge in [-0.3, -0.25) is 4.58 Å². The highest BCUT2D eigenvalue weighted by molar-refractivity contribution is 5.72. The van der Waals surface area contributed by atoms with E-state index >= 15 is 0 Å². The third kappa shape index (κ3) is 4.08. The lowest BCUT2D eigenvalue weighted by molar-refractivity contribution is -0.493. The Hall–Kier alpha value is -1.42. The SMILES string of the molecule is CN(C=[N+](C)CCCN)c1ccccn1. The first-order chi connectivity index (χ1) is 7.24. The second-order valence-corrected chi connectivity index (χ2v) is 3.54. The molecule has 1 aromatic rings. The van der Waals surface area contributed by atoms with Crippen LogP contribution in [0.4, 0.5) is 5.82 Å². The Morgan fingerprint density at radius 2 is 2.33 bits per heavy atom. The quantitative estimate of drug-likeness (QED) is 0.435. The van der Waals surface area contributed by atoms with Crippen molar-refractivity contribution in [3.63, 3.8) is 0 Å². The number of hydrogen-bond donors (Lipinski definition) is 1. The zero-order valence-corrected chi connectivity index (χ0v) is 9.43. The van der Waals surface area contributed by atoms with Gasteiger partial charge in [0.2, 0.25) is 12.2 Å². The summed E-state index contributed by atoms with van der Waals surface area (Å²) >= 11 is 0. The van der Waals surface area contributed by atoms with E-state index in [2.05, 4.69) is 9.56 Å². The van der Waals surface area contributed by atoms with Crippen LogP contribution in [0, 0.1) is 0 Å². The van der Waals surface area contributed by atoms with Crippen LogP contribution in [0.5, 0.6) is 0 Å². The minimum atomic E-state index is 0.728. The van der Waals surface area contributed by atoms with Crippen LogP contribution in [-0.2, 0) is 0 Å². The summed E-state index contributed by atoms with van der Waals surface area (Å²) in [5.41, 5.74) is 5.45. The van der Waals surface area contributed by atoms with Crippen LogP contribution in [0.15, 0.2) is 24.4 Å². The normalized spacial score (nSPS) is 11.5. The van der Waals surface area contributed by atoms with E-state index in [1.54, 1.807) is 6.20 Å². The second-order valence-electron chi connectivity index (χ2n) is 3.54. The van der Waals surface area contributed by atoms with Crippen LogP contribution in [0.3, 0.4) is 0 Å². The zero-order chi connectivity index (χ0) is 11.1. The van der Waals surface area contributed by atoms with Crippen LogP contribution >= 0.6 is 0 Å². The monoisotopic (exact) mass is 207 g/mol. The average molecular weight is 207 g/mol. The third-order valence-corrected chi connectivity index (χ3v) is 2.10. The third-order valence-electron chi connectivity index (χ3n) is 2.10. The molecule has 0 amide bonds. The Morgan fingerprint density at radius 1 is 1.53 bits per heavy atom. The smallest absolute Gasteiger partial charge is 0.240 e. The molecule has 0 spiro atoms. The van der Waals surface area contributed by atoms with Gasteiger partial charge in [-0.15, -0.1) is 0 Å². The molecule has 4 heteroatoms. The molecule has 1 rings (SSSR count). The number of pyridine rings is 1. The molecule has 0 unspecified atom stereocenters.